The first kappa shape index (κ1) is 14.3. The minimum atomic E-state index is 0. The van der Waals surface area contributed by atoms with Gasteiger partial charge in [-0.3, -0.25) is 0 Å². The molecule has 1 fully saturated rings. The molecule has 0 amide bonds. The van der Waals surface area contributed by atoms with E-state index in [-0.39, 0.29) is 18.4 Å². The fraction of sp³-hybridized carbons (Fsp3) is 0.571. The third-order valence-corrected chi connectivity index (χ3v) is 3.49. The van der Waals surface area contributed by atoms with E-state index in [9.17, 15) is 0 Å². The van der Waals surface area contributed by atoms with Crippen molar-refractivity contribution in [1.82, 2.24) is 0 Å². The molecular formula is C14H22ClNO. The summed E-state index contributed by atoms with van der Waals surface area (Å²) < 4.78 is 5.64. The molecule has 1 aromatic carbocycles. The molecule has 0 aliphatic heterocycles. The summed E-state index contributed by atoms with van der Waals surface area (Å²) in [5.74, 6) is 1.60. The van der Waals surface area contributed by atoms with E-state index in [1.165, 1.54) is 31.2 Å². The standard InChI is InChI=1S/C14H21NO.ClH/c1-2-16-13-10-6-5-9-12(13)14(15)11-7-3-4-8-11;/h5-6,9-11,14H,2-4,7-8,15H2,1H3;1H/t14-;/m1./s1. The van der Waals surface area contributed by atoms with Gasteiger partial charge in [-0.05, 0) is 31.7 Å². The Kier molecular flexibility index (Phi) is 5.79. The van der Waals surface area contributed by atoms with Crippen molar-refractivity contribution >= 4 is 12.4 Å². The Morgan fingerprint density at radius 1 is 1.29 bits per heavy atom. The highest BCUT2D eigenvalue weighted by atomic mass is 35.5. The van der Waals surface area contributed by atoms with Crippen LogP contribution in [0.5, 0.6) is 5.75 Å². The molecule has 0 heterocycles. The third kappa shape index (κ3) is 3.36. The first-order valence-electron chi connectivity index (χ1n) is 6.30. The molecular weight excluding hydrogens is 234 g/mol. The highest BCUT2D eigenvalue weighted by Gasteiger charge is 2.25. The van der Waals surface area contributed by atoms with Crippen LogP contribution in [0.3, 0.4) is 0 Å². The third-order valence-electron chi connectivity index (χ3n) is 3.49. The number of ether oxygens (including phenoxy) is 1. The van der Waals surface area contributed by atoms with E-state index in [0.717, 1.165) is 5.75 Å². The molecule has 1 atom stereocenters. The summed E-state index contributed by atoms with van der Waals surface area (Å²) >= 11 is 0. The Labute approximate surface area is 110 Å². The van der Waals surface area contributed by atoms with Crippen molar-refractivity contribution in [2.24, 2.45) is 11.7 Å². The smallest absolute Gasteiger partial charge is 0.124 e. The van der Waals surface area contributed by atoms with Crippen LogP contribution in [0, 0.1) is 5.92 Å². The van der Waals surface area contributed by atoms with Gasteiger partial charge in [0.25, 0.3) is 0 Å². The summed E-state index contributed by atoms with van der Waals surface area (Å²) in [6, 6.07) is 8.33. The number of nitrogens with two attached hydrogens (primary N) is 1. The Morgan fingerprint density at radius 3 is 2.59 bits per heavy atom. The molecule has 96 valence electrons. The molecule has 0 spiro atoms. The van der Waals surface area contributed by atoms with E-state index < -0.39 is 0 Å². The zero-order valence-corrected chi connectivity index (χ0v) is 11.2. The summed E-state index contributed by atoms with van der Waals surface area (Å²) in [6.07, 6.45) is 5.19. The summed E-state index contributed by atoms with van der Waals surface area (Å²) in [7, 11) is 0. The second-order valence-corrected chi connectivity index (χ2v) is 4.54. The number of rotatable bonds is 4. The number of benzene rings is 1. The largest absolute Gasteiger partial charge is 0.494 e. The van der Waals surface area contributed by atoms with Crippen molar-refractivity contribution in [3.05, 3.63) is 29.8 Å². The lowest BCUT2D eigenvalue weighted by Crippen LogP contribution is -2.20. The van der Waals surface area contributed by atoms with Gasteiger partial charge in [-0.1, -0.05) is 31.0 Å². The molecule has 1 aliphatic rings. The molecule has 2 nitrogen and oxygen atoms in total. The van der Waals surface area contributed by atoms with Crippen LogP contribution in [0.1, 0.15) is 44.2 Å². The maximum atomic E-state index is 6.35. The van der Waals surface area contributed by atoms with E-state index in [2.05, 4.69) is 6.07 Å². The molecule has 0 radical (unpaired) electrons. The normalized spacial score (nSPS) is 17.5. The lowest BCUT2D eigenvalue weighted by Gasteiger charge is -2.21. The minimum absolute atomic E-state index is 0. The fourth-order valence-corrected chi connectivity index (χ4v) is 2.61. The van der Waals surface area contributed by atoms with Crippen LogP contribution < -0.4 is 10.5 Å². The summed E-state index contributed by atoms with van der Waals surface area (Å²) in [5.41, 5.74) is 7.53. The summed E-state index contributed by atoms with van der Waals surface area (Å²) in [5, 5.41) is 0. The van der Waals surface area contributed by atoms with Gasteiger partial charge in [-0.25, -0.2) is 0 Å². The lowest BCUT2D eigenvalue weighted by molar-refractivity contribution is 0.327. The van der Waals surface area contributed by atoms with E-state index >= 15 is 0 Å². The quantitative estimate of drug-likeness (QED) is 0.891. The van der Waals surface area contributed by atoms with Crippen molar-refractivity contribution in [1.29, 1.82) is 0 Å². The van der Waals surface area contributed by atoms with Gasteiger partial charge in [-0.15, -0.1) is 12.4 Å². The number of hydrogen-bond acceptors (Lipinski definition) is 2. The van der Waals surface area contributed by atoms with E-state index in [1.807, 2.05) is 25.1 Å². The van der Waals surface area contributed by atoms with Crippen molar-refractivity contribution in [2.75, 3.05) is 6.61 Å². The molecule has 2 rings (SSSR count). The molecule has 3 heteroatoms. The van der Waals surface area contributed by atoms with Crippen molar-refractivity contribution in [3.63, 3.8) is 0 Å². The van der Waals surface area contributed by atoms with E-state index in [4.69, 9.17) is 10.5 Å². The Balaban J connectivity index is 0.00000144. The van der Waals surface area contributed by atoms with E-state index in [1.54, 1.807) is 0 Å². The molecule has 1 saturated carbocycles. The van der Waals surface area contributed by atoms with Gasteiger partial charge in [0.1, 0.15) is 5.75 Å². The van der Waals surface area contributed by atoms with Crippen molar-refractivity contribution in [3.8, 4) is 5.75 Å². The van der Waals surface area contributed by atoms with Gasteiger partial charge in [0.15, 0.2) is 0 Å². The predicted molar refractivity (Wildman–Crippen MR) is 73.7 cm³/mol. The summed E-state index contributed by atoms with van der Waals surface area (Å²) in [4.78, 5) is 0. The van der Waals surface area contributed by atoms with Crippen molar-refractivity contribution in [2.45, 2.75) is 38.6 Å². The zero-order valence-electron chi connectivity index (χ0n) is 10.4. The molecule has 0 aromatic heterocycles. The maximum Gasteiger partial charge on any atom is 0.124 e. The van der Waals surface area contributed by atoms with Gasteiger partial charge in [0.05, 0.1) is 6.61 Å². The Bertz CT molecular complexity index is 337. The average molecular weight is 256 g/mol. The molecule has 1 aliphatic carbocycles. The zero-order chi connectivity index (χ0) is 11.4. The SMILES string of the molecule is CCOc1ccccc1[C@H](N)C1CCCC1.Cl. The Morgan fingerprint density at radius 2 is 1.94 bits per heavy atom. The molecule has 1 aromatic rings. The van der Waals surface area contributed by atoms with Gasteiger partial charge in [-0.2, -0.15) is 0 Å². The topological polar surface area (TPSA) is 35.2 Å². The molecule has 0 saturated heterocycles. The maximum absolute atomic E-state index is 6.35. The van der Waals surface area contributed by atoms with Crippen LogP contribution in [0.15, 0.2) is 24.3 Å². The number of para-hydroxylation sites is 1. The number of hydrogen-bond donors (Lipinski definition) is 1. The molecule has 0 bridgehead atoms. The average Bonchev–Trinajstić information content (AvgIpc) is 2.83. The van der Waals surface area contributed by atoms with Gasteiger partial charge >= 0.3 is 0 Å². The highest BCUT2D eigenvalue weighted by molar-refractivity contribution is 5.85. The van der Waals surface area contributed by atoms with Crippen LogP contribution in [0.2, 0.25) is 0 Å². The van der Waals surface area contributed by atoms with Crippen LogP contribution in [0.25, 0.3) is 0 Å². The van der Waals surface area contributed by atoms with Gasteiger partial charge in [0, 0.05) is 11.6 Å². The minimum Gasteiger partial charge on any atom is -0.494 e. The molecule has 17 heavy (non-hydrogen) atoms. The monoisotopic (exact) mass is 255 g/mol. The molecule has 2 N–H and O–H groups in total. The summed E-state index contributed by atoms with van der Waals surface area (Å²) in [6.45, 7) is 2.71. The predicted octanol–water partition coefficient (Wildman–Crippen LogP) is 3.70. The van der Waals surface area contributed by atoms with Crippen molar-refractivity contribution < 1.29 is 4.74 Å². The fourth-order valence-electron chi connectivity index (χ4n) is 2.61. The van der Waals surface area contributed by atoms with Crippen LogP contribution >= 0.6 is 12.4 Å². The van der Waals surface area contributed by atoms with Gasteiger partial charge < -0.3 is 10.5 Å². The van der Waals surface area contributed by atoms with Crippen LogP contribution in [-0.4, -0.2) is 6.61 Å². The van der Waals surface area contributed by atoms with Crippen LogP contribution in [0.4, 0.5) is 0 Å². The van der Waals surface area contributed by atoms with Gasteiger partial charge in [0.2, 0.25) is 0 Å². The first-order valence-corrected chi connectivity index (χ1v) is 6.30. The Hall–Kier alpha value is -0.730. The second kappa shape index (κ2) is 6.87. The lowest BCUT2D eigenvalue weighted by atomic mass is 9.92. The van der Waals surface area contributed by atoms with E-state index in [0.29, 0.717) is 12.5 Å². The number of halogens is 1. The van der Waals surface area contributed by atoms with Crippen LogP contribution in [-0.2, 0) is 0 Å². The highest BCUT2D eigenvalue weighted by Crippen LogP contribution is 2.37. The molecule has 0 unspecified atom stereocenters. The second-order valence-electron chi connectivity index (χ2n) is 4.54. The first-order chi connectivity index (χ1) is 7.83.